The van der Waals surface area contributed by atoms with Crippen molar-refractivity contribution in [2.75, 3.05) is 0 Å². The van der Waals surface area contributed by atoms with Crippen LogP contribution in [0.15, 0.2) is 64.1 Å². The van der Waals surface area contributed by atoms with Crippen molar-refractivity contribution in [3.05, 3.63) is 54.1 Å². The van der Waals surface area contributed by atoms with Crippen LogP contribution in [0.3, 0.4) is 0 Å². The van der Waals surface area contributed by atoms with Gasteiger partial charge in [0.1, 0.15) is 0 Å². The maximum atomic E-state index is 4.06. The Kier molecular flexibility index (Phi) is 2.38. The number of aromatic nitrogens is 2. The summed E-state index contributed by atoms with van der Waals surface area (Å²) in [7, 11) is 0. The molecule has 0 atom stereocenters. The second kappa shape index (κ2) is 4.17. The first-order valence-corrected chi connectivity index (χ1v) is 5.31. The Labute approximate surface area is 98.1 Å². The first kappa shape index (κ1) is 9.72. The number of rotatable bonds is 0. The predicted molar refractivity (Wildman–Crippen MR) is 69.2 cm³/mol. The highest BCUT2D eigenvalue weighted by Crippen LogP contribution is 2.19. The number of nitrogens with one attached hydrogen (secondary N) is 1. The number of hydrogen-bond donors (Lipinski definition) is 1. The molecule has 4 rings (SSSR count). The molecule has 2 aliphatic rings. The minimum atomic E-state index is 0.991. The molecule has 4 nitrogen and oxygen atoms in total. The fourth-order valence-electron chi connectivity index (χ4n) is 1.65. The van der Waals surface area contributed by atoms with Gasteiger partial charge in [-0.25, -0.2) is 4.98 Å². The summed E-state index contributed by atoms with van der Waals surface area (Å²) in [6.07, 6.45) is 9.02. The molecule has 2 aliphatic heterocycles. The molecule has 3 heterocycles. The first-order valence-electron chi connectivity index (χ1n) is 5.31. The summed E-state index contributed by atoms with van der Waals surface area (Å²) in [4.78, 5) is 15.1. The van der Waals surface area contributed by atoms with Gasteiger partial charge in [-0.05, 0) is 24.3 Å². The lowest BCUT2D eigenvalue weighted by Gasteiger charge is -1.83. The van der Waals surface area contributed by atoms with Crippen molar-refractivity contribution in [1.82, 2.24) is 9.97 Å². The molecule has 82 valence electrons. The predicted octanol–water partition coefficient (Wildman–Crippen LogP) is 2.49. The second-order valence-electron chi connectivity index (χ2n) is 3.58. The number of nitrogens with zero attached hydrogens (tertiary/aromatic N) is 3. The highest BCUT2D eigenvalue weighted by Gasteiger charge is 2.07. The smallest absolute Gasteiger partial charge is 0.0931 e. The van der Waals surface area contributed by atoms with E-state index >= 15 is 0 Å². The molecule has 0 radical (unpaired) electrons. The normalized spacial score (nSPS) is 15.3. The van der Waals surface area contributed by atoms with Gasteiger partial charge in [-0.1, -0.05) is 12.1 Å². The molecule has 0 spiro atoms. The molecule has 1 N–H and O–H groups in total. The molecule has 0 saturated heterocycles. The van der Waals surface area contributed by atoms with Crippen LogP contribution in [0, 0.1) is 0 Å². The summed E-state index contributed by atoms with van der Waals surface area (Å²) in [5.41, 5.74) is 4.10. The molecule has 0 amide bonds. The summed E-state index contributed by atoms with van der Waals surface area (Å²) >= 11 is 0. The summed E-state index contributed by atoms with van der Waals surface area (Å²) in [6.45, 7) is 0. The van der Waals surface area contributed by atoms with Crippen molar-refractivity contribution in [2.45, 2.75) is 0 Å². The molecule has 1 aromatic heterocycles. The molecule has 0 bridgehead atoms. The molecule has 0 unspecified atom stereocenters. The topological polar surface area (TPSA) is 53.4 Å². The van der Waals surface area contributed by atoms with Gasteiger partial charge < -0.3 is 4.98 Å². The van der Waals surface area contributed by atoms with E-state index in [4.69, 9.17) is 0 Å². The number of aromatic amines is 1. The Morgan fingerprint density at radius 1 is 0.882 bits per heavy atom. The molecule has 4 heteroatoms. The van der Waals surface area contributed by atoms with E-state index in [1.54, 1.807) is 18.8 Å². The fraction of sp³-hybridized carbons (Fsp3) is 0. The minimum absolute atomic E-state index is 0.991. The molecule has 17 heavy (non-hydrogen) atoms. The Hall–Kier alpha value is -2.49. The Bertz CT molecular complexity index is 603. The number of imidazole rings is 1. The van der Waals surface area contributed by atoms with E-state index in [1.165, 1.54) is 0 Å². The van der Waals surface area contributed by atoms with Crippen molar-refractivity contribution in [3.8, 4) is 0 Å². The number of benzene rings is 1. The number of aliphatic imine (C=N–C) groups is 2. The van der Waals surface area contributed by atoms with Crippen LogP contribution in [0.5, 0.6) is 0 Å². The maximum absolute atomic E-state index is 4.06. The van der Waals surface area contributed by atoms with Crippen LogP contribution in [-0.2, 0) is 0 Å². The third kappa shape index (κ3) is 1.92. The van der Waals surface area contributed by atoms with Crippen LogP contribution in [0.2, 0.25) is 0 Å². The van der Waals surface area contributed by atoms with E-state index in [0.717, 1.165) is 22.4 Å². The third-order valence-electron chi connectivity index (χ3n) is 2.48. The molecule has 2 aromatic rings. The number of H-pyrrole nitrogens is 1. The van der Waals surface area contributed by atoms with Crippen LogP contribution in [0.1, 0.15) is 0 Å². The van der Waals surface area contributed by atoms with Gasteiger partial charge >= 0.3 is 0 Å². The van der Waals surface area contributed by atoms with E-state index in [2.05, 4.69) is 20.0 Å². The second-order valence-corrected chi connectivity index (χ2v) is 3.58. The first-order chi connectivity index (χ1) is 8.43. The van der Waals surface area contributed by atoms with Gasteiger partial charge in [0, 0.05) is 12.4 Å². The number of para-hydroxylation sites is 2. The van der Waals surface area contributed by atoms with Crippen molar-refractivity contribution in [1.29, 1.82) is 0 Å². The van der Waals surface area contributed by atoms with Crippen molar-refractivity contribution >= 4 is 23.5 Å². The van der Waals surface area contributed by atoms with E-state index in [1.807, 2.05) is 36.4 Å². The number of allylic oxidation sites excluding steroid dienone is 2. The van der Waals surface area contributed by atoms with E-state index in [9.17, 15) is 0 Å². The van der Waals surface area contributed by atoms with Crippen molar-refractivity contribution in [2.24, 2.45) is 9.98 Å². The molecule has 0 aliphatic carbocycles. The zero-order valence-corrected chi connectivity index (χ0v) is 9.04. The average molecular weight is 222 g/mol. The van der Waals surface area contributed by atoms with Crippen LogP contribution < -0.4 is 0 Å². The highest BCUT2D eigenvalue weighted by atomic mass is 14.9. The minimum Gasteiger partial charge on any atom is -0.345 e. The van der Waals surface area contributed by atoms with Gasteiger partial charge in [0.2, 0.25) is 0 Å². The van der Waals surface area contributed by atoms with Crippen molar-refractivity contribution < 1.29 is 0 Å². The van der Waals surface area contributed by atoms with Crippen LogP contribution in [0.25, 0.3) is 11.0 Å². The standard InChI is InChI=1S/C7H6N2.C6H4N2/c1-2-4-7-6(3-1)8-5-9-7;1-3-7-6-2-4-8-5(1)6/h1-5H,(H,8,9);1-4H. The summed E-state index contributed by atoms with van der Waals surface area (Å²) in [5.74, 6) is 0. The number of hydrogen-bond acceptors (Lipinski definition) is 3. The zero-order valence-electron chi connectivity index (χ0n) is 9.04. The summed E-state index contributed by atoms with van der Waals surface area (Å²) in [6, 6.07) is 7.94. The largest absolute Gasteiger partial charge is 0.345 e. The summed E-state index contributed by atoms with van der Waals surface area (Å²) in [5, 5.41) is 0. The average Bonchev–Trinajstić information content (AvgIpc) is 3.06. The van der Waals surface area contributed by atoms with Crippen LogP contribution >= 0.6 is 0 Å². The maximum Gasteiger partial charge on any atom is 0.0931 e. The van der Waals surface area contributed by atoms with Gasteiger partial charge in [0.15, 0.2) is 0 Å². The van der Waals surface area contributed by atoms with Gasteiger partial charge in [-0.2, -0.15) is 0 Å². The Morgan fingerprint density at radius 3 is 2.29 bits per heavy atom. The van der Waals surface area contributed by atoms with E-state index in [0.29, 0.717) is 0 Å². The van der Waals surface area contributed by atoms with Crippen LogP contribution in [-0.4, -0.2) is 22.4 Å². The SMILES string of the molecule is C1=NC2=CC=NC2=C1.c1ccc2[nH]cnc2c1. The quantitative estimate of drug-likeness (QED) is 0.731. The molecule has 0 fully saturated rings. The lowest BCUT2D eigenvalue weighted by atomic mass is 10.3. The van der Waals surface area contributed by atoms with E-state index in [-0.39, 0.29) is 0 Å². The lowest BCUT2D eigenvalue weighted by molar-refractivity contribution is 1.33. The molecular formula is C13H10N4. The molecular weight excluding hydrogens is 212 g/mol. The zero-order chi connectivity index (χ0) is 11.5. The Morgan fingerprint density at radius 2 is 1.59 bits per heavy atom. The van der Waals surface area contributed by atoms with Gasteiger partial charge in [0.25, 0.3) is 0 Å². The monoisotopic (exact) mass is 222 g/mol. The Balaban J connectivity index is 0.000000107. The van der Waals surface area contributed by atoms with Crippen molar-refractivity contribution in [3.63, 3.8) is 0 Å². The molecule has 0 saturated carbocycles. The summed E-state index contributed by atoms with van der Waals surface area (Å²) < 4.78 is 0. The number of fused-ring (bicyclic) bond motifs is 2. The van der Waals surface area contributed by atoms with E-state index < -0.39 is 0 Å². The third-order valence-corrected chi connectivity index (χ3v) is 2.48. The van der Waals surface area contributed by atoms with Crippen LogP contribution in [0.4, 0.5) is 0 Å². The van der Waals surface area contributed by atoms with Gasteiger partial charge in [0.05, 0.1) is 28.8 Å². The van der Waals surface area contributed by atoms with Gasteiger partial charge in [-0.3, -0.25) is 9.98 Å². The fourth-order valence-corrected chi connectivity index (χ4v) is 1.65. The molecule has 1 aromatic carbocycles. The lowest BCUT2D eigenvalue weighted by Crippen LogP contribution is -1.66. The van der Waals surface area contributed by atoms with Gasteiger partial charge in [-0.15, -0.1) is 0 Å². The highest BCUT2D eigenvalue weighted by molar-refractivity contribution is 5.88.